The molecule has 0 saturated carbocycles. The predicted molar refractivity (Wildman–Crippen MR) is 58.8 cm³/mol. The zero-order chi connectivity index (χ0) is 12.1. The fourth-order valence-corrected chi connectivity index (χ4v) is 1.40. The van der Waals surface area contributed by atoms with Gasteiger partial charge in [-0.1, -0.05) is 18.8 Å². The van der Waals surface area contributed by atoms with E-state index in [0.717, 1.165) is 12.8 Å². The van der Waals surface area contributed by atoms with Crippen LogP contribution in [-0.2, 0) is 6.42 Å². The predicted octanol–water partition coefficient (Wildman–Crippen LogP) is 1.02. The second-order valence-electron chi connectivity index (χ2n) is 3.45. The monoisotopic (exact) mass is 226 g/mol. The number of aryl methyl sites for hydroxylation is 1. The van der Waals surface area contributed by atoms with Crippen LogP contribution in [0, 0.1) is 17.0 Å². The minimum Gasteiger partial charge on any atom is -0.288 e. The number of hydrogen-bond donors (Lipinski definition) is 2. The van der Waals surface area contributed by atoms with Gasteiger partial charge < -0.3 is 0 Å². The van der Waals surface area contributed by atoms with E-state index >= 15 is 0 Å². The van der Waals surface area contributed by atoms with Crippen molar-refractivity contribution in [1.29, 1.82) is 0 Å². The van der Waals surface area contributed by atoms with Crippen molar-refractivity contribution in [2.45, 2.75) is 33.1 Å². The average molecular weight is 226 g/mol. The number of nitrogens with zero attached hydrogens (tertiary/aromatic N) is 2. The Morgan fingerprint density at radius 3 is 2.75 bits per heavy atom. The topological polar surface area (TPSA) is 101 Å². The normalized spacial score (nSPS) is 10.1. The Kier molecular flexibility index (Phi) is 3.98. The van der Waals surface area contributed by atoms with Gasteiger partial charge in [-0.2, -0.15) is 0 Å². The zero-order valence-electron chi connectivity index (χ0n) is 9.24. The number of hydrogen-bond acceptors (Lipinski definition) is 4. The average Bonchev–Trinajstić information content (AvgIpc) is 2.15. The van der Waals surface area contributed by atoms with E-state index in [1.807, 2.05) is 12.3 Å². The Morgan fingerprint density at radius 2 is 2.25 bits per heavy atom. The maximum absolute atomic E-state index is 11.6. The molecule has 0 spiro atoms. The molecule has 0 aromatic carbocycles. The summed E-state index contributed by atoms with van der Waals surface area (Å²) in [6.07, 6.45) is 2.52. The van der Waals surface area contributed by atoms with Crippen molar-refractivity contribution in [2.75, 3.05) is 5.43 Å². The third-order valence-corrected chi connectivity index (χ3v) is 2.20. The zero-order valence-corrected chi connectivity index (χ0v) is 9.24. The molecular formula is C9H14N4O3. The summed E-state index contributed by atoms with van der Waals surface area (Å²) in [6, 6.07) is 0. The van der Waals surface area contributed by atoms with Crippen LogP contribution in [0.25, 0.3) is 0 Å². The van der Waals surface area contributed by atoms with Crippen LogP contribution in [-0.4, -0.2) is 15.0 Å². The summed E-state index contributed by atoms with van der Waals surface area (Å²) < 4.78 is 0. The molecule has 1 aromatic rings. The number of nitrogens with one attached hydrogen (secondary N) is 2. The van der Waals surface area contributed by atoms with Gasteiger partial charge in [-0.3, -0.25) is 9.78 Å². The lowest BCUT2D eigenvalue weighted by molar-refractivity contribution is -0.446. The Morgan fingerprint density at radius 1 is 1.56 bits per heavy atom. The van der Waals surface area contributed by atoms with E-state index in [1.165, 1.54) is 0 Å². The number of aromatic nitrogens is 2. The molecule has 0 aliphatic carbocycles. The molecule has 88 valence electrons. The molecule has 0 aliphatic rings. The van der Waals surface area contributed by atoms with E-state index in [4.69, 9.17) is 0 Å². The number of unbranched alkanes of at least 4 members (excludes halogenated alkanes) is 1. The second-order valence-corrected chi connectivity index (χ2v) is 3.45. The molecule has 16 heavy (non-hydrogen) atoms. The van der Waals surface area contributed by atoms with Crippen LogP contribution in [0.2, 0.25) is 0 Å². The summed E-state index contributed by atoms with van der Waals surface area (Å²) in [5.74, 6) is -0.132. The largest absolute Gasteiger partial charge is 0.288 e. The van der Waals surface area contributed by atoms with Gasteiger partial charge in [-0.05, 0) is 19.8 Å². The first-order valence-corrected chi connectivity index (χ1v) is 5.05. The van der Waals surface area contributed by atoms with E-state index in [0.29, 0.717) is 17.7 Å². The van der Waals surface area contributed by atoms with E-state index in [9.17, 15) is 14.9 Å². The first kappa shape index (κ1) is 12.2. The molecule has 0 radical (unpaired) electrons. The van der Waals surface area contributed by atoms with Gasteiger partial charge in [0.15, 0.2) is 5.03 Å². The van der Waals surface area contributed by atoms with Gasteiger partial charge in [-0.15, -0.1) is 0 Å². The highest BCUT2D eigenvalue weighted by Crippen LogP contribution is 2.06. The molecule has 0 saturated heterocycles. The van der Waals surface area contributed by atoms with Crippen LogP contribution < -0.4 is 11.0 Å². The van der Waals surface area contributed by atoms with Crippen LogP contribution in [0.4, 0.5) is 5.95 Å². The summed E-state index contributed by atoms with van der Waals surface area (Å²) in [6.45, 7) is 3.70. The van der Waals surface area contributed by atoms with E-state index in [-0.39, 0.29) is 11.5 Å². The summed E-state index contributed by atoms with van der Waals surface area (Å²) in [5, 5.41) is 9.42. The molecule has 1 rings (SSSR count). The first-order chi connectivity index (χ1) is 7.54. The maximum atomic E-state index is 11.6. The summed E-state index contributed by atoms with van der Waals surface area (Å²) >= 11 is 0. The third kappa shape index (κ3) is 3.04. The molecule has 0 fully saturated rings. The van der Waals surface area contributed by atoms with Crippen molar-refractivity contribution in [3.63, 3.8) is 0 Å². The molecular weight excluding hydrogens is 212 g/mol. The molecule has 0 unspecified atom stereocenters. The van der Waals surface area contributed by atoms with Crippen molar-refractivity contribution in [1.82, 2.24) is 9.97 Å². The summed E-state index contributed by atoms with van der Waals surface area (Å²) in [7, 11) is 0. The SMILES string of the molecule is CCCCc1c(C)nc(N[N+](=O)[O-])[nH]c1=O. The van der Waals surface area contributed by atoms with Crippen molar-refractivity contribution in [3.05, 3.63) is 31.7 Å². The molecule has 1 heterocycles. The van der Waals surface area contributed by atoms with Crippen LogP contribution in [0.15, 0.2) is 4.79 Å². The van der Waals surface area contributed by atoms with E-state index in [2.05, 4.69) is 9.97 Å². The van der Waals surface area contributed by atoms with Crippen molar-refractivity contribution in [3.8, 4) is 0 Å². The molecule has 7 heteroatoms. The van der Waals surface area contributed by atoms with Gasteiger partial charge in [-0.25, -0.2) is 15.1 Å². The number of rotatable bonds is 5. The smallest absolute Gasteiger partial charge is 0.265 e. The quantitative estimate of drug-likeness (QED) is 0.576. The van der Waals surface area contributed by atoms with Gasteiger partial charge in [0.2, 0.25) is 0 Å². The number of aromatic amines is 1. The molecule has 0 aliphatic heterocycles. The highest BCUT2D eigenvalue weighted by atomic mass is 16.7. The van der Waals surface area contributed by atoms with Crippen molar-refractivity contribution in [2.24, 2.45) is 0 Å². The fraction of sp³-hybridized carbons (Fsp3) is 0.556. The third-order valence-electron chi connectivity index (χ3n) is 2.20. The second kappa shape index (κ2) is 5.24. The maximum Gasteiger partial charge on any atom is 0.265 e. The molecule has 2 N–H and O–H groups in total. The van der Waals surface area contributed by atoms with Crippen molar-refractivity contribution >= 4 is 5.95 Å². The van der Waals surface area contributed by atoms with E-state index < -0.39 is 5.03 Å². The van der Waals surface area contributed by atoms with E-state index in [1.54, 1.807) is 6.92 Å². The van der Waals surface area contributed by atoms with Gasteiger partial charge in [0, 0.05) is 5.56 Å². The highest BCUT2D eigenvalue weighted by molar-refractivity contribution is 5.26. The standard InChI is InChI=1S/C9H14N4O3/c1-3-4-5-7-6(2)10-9(11-8(7)14)12-13(15)16/h3-5H2,1-2H3,(H2,10,11,12,14). The first-order valence-electron chi connectivity index (χ1n) is 5.05. The van der Waals surface area contributed by atoms with Crippen LogP contribution in [0.5, 0.6) is 0 Å². The minimum atomic E-state index is -0.760. The van der Waals surface area contributed by atoms with Crippen molar-refractivity contribution < 1.29 is 5.03 Å². The number of H-pyrrole nitrogens is 1. The molecule has 0 atom stereocenters. The van der Waals surface area contributed by atoms with Crippen LogP contribution in [0.1, 0.15) is 31.0 Å². The Bertz CT molecular complexity index is 441. The van der Waals surface area contributed by atoms with Gasteiger partial charge in [0.1, 0.15) is 0 Å². The minimum absolute atomic E-state index is 0.132. The number of hydrazine groups is 1. The molecule has 7 nitrogen and oxygen atoms in total. The van der Waals surface area contributed by atoms with Crippen LogP contribution >= 0.6 is 0 Å². The molecule has 0 amide bonds. The number of anilines is 1. The molecule has 0 bridgehead atoms. The van der Waals surface area contributed by atoms with Crippen LogP contribution in [0.3, 0.4) is 0 Å². The van der Waals surface area contributed by atoms with Gasteiger partial charge in [0.25, 0.3) is 11.5 Å². The number of nitro groups is 1. The van der Waals surface area contributed by atoms with Gasteiger partial charge in [0.05, 0.1) is 5.69 Å². The summed E-state index contributed by atoms with van der Waals surface area (Å²) in [5.41, 5.74) is 2.63. The summed E-state index contributed by atoms with van der Waals surface area (Å²) in [4.78, 5) is 28.0. The van der Waals surface area contributed by atoms with Gasteiger partial charge >= 0.3 is 0 Å². The Balaban J connectivity index is 2.98. The Hall–Kier alpha value is -1.92. The molecule has 1 aromatic heterocycles. The fourth-order valence-electron chi connectivity index (χ4n) is 1.40. The lowest BCUT2D eigenvalue weighted by Gasteiger charge is -2.04. The lowest BCUT2D eigenvalue weighted by atomic mass is 10.1. The lowest BCUT2D eigenvalue weighted by Crippen LogP contribution is -2.21. The highest BCUT2D eigenvalue weighted by Gasteiger charge is 2.09. The Labute approximate surface area is 92.0 Å².